The minimum Gasteiger partial charge on any atom is -0.484 e. The number of amides is 1. The number of alkyl halides is 3. The number of carbonyl (C=O) groups excluding carboxylic acids is 1. The first-order chi connectivity index (χ1) is 12.3. The highest BCUT2D eigenvalue weighted by molar-refractivity contribution is 5.77. The molecule has 2 rings (SSSR count). The Labute approximate surface area is 151 Å². The smallest absolute Gasteiger partial charge is 0.405 e. The number of ether oxygens (including phenoxy) is 1. The third-order valence-corrected chi connectivity index (χ3v) is 4.38. The van der Waals surface area contributed by atoms with Crippen molar-refractivity contribution in [2.75, 3.05) is 39.3 Å². The second kappa shape index (κ2) is 9.23. The highest BCUT2D eigenvalue weighted by Crippen LogP contribution is 2.24. The third kappa shape index (κ3) is 6.17. The van der Waals surface area contributed by atoms with Crippen molar-refractivity contribution in [2.45, 2.75) is 32.0 Å². The van der Waals surface area contributed by atoms with Gasteiger partial charge in [0.1, 0.15) is 11.8 Å². The second-order valence-electron chi connectivity index (χ2n) is 6.66. The number of rotatable bonds is 7. The summed E-state index contributed by atoms with van der Waals surface area (Å²) in [6.45, 7) is 4.98. The van der Waals surface area contributed by atoms with E-state index in [1.165, 1.54) is 4.90 Å². The van der Waals surface area contributed by atoms with Gasteiger partial charge in [-0.25, -0.2) is 0 Å². The molecule has 0 saturated carbocycles. The van der Waals surface area contributed by atoms with E-state index in [2.05, 4.69) is 24.5 Å². The van der Waals surface area contributed by atoms with Crippen LogP contribution in [0, 0.1) is 0 Å². The summed E-state index contributed by atoms with van der Waals surface area (Å²) >= 11 is 0. The summed E-state index contributed by atoms with van der Waals surface area (Å²) in [4.78, 5) is 13.2. The highest BCUT2D eigenvalue weighted by Gasteiger charge is 2.43. The second-order valence-corrected chi connectivity index (χ2v) is 6.66. The maximum Gasteiger partial charge on any atom is 0.405 e. The molecule has 0 spiro atoms. The number of carbonyl (C=O) groups is 1. The molecule has 1 unspecified atom stereocenters. The molecule has 146 valence electrons. The SMILES string of the molecule is CC(C)c1ccc(OCC(=O)NCC(N2CCNCC2)C(F)(F)F)cc1. The zero-order valence-corrected chi connectivity index (χ0v) is 15.1. The molecular weight excluding hydrogens is 347 g/mol. The van der Waals surface area contributed by atoms with E-state index >= 15 is 0 Å². The fourth-order valence-electron chi connectivity index (χ4n) is 2.81. The molecule has 0 aliphatic carbocycles. The van der Waals surface area contributed by atoms with Gasteiger partial charge in [0.25, 0.3) is 5.91 Å². The van der Waals surface area contributed by atoms with Crippen molar-refractivity contribution in [1.82, 2.24) is 15.5 Å². The van der Waals surface area contributed by atoms with Crippen molar-refractivity contribution < 1.29 is 22.7 Å². The molecule has 26 heavy (non-hydrogen) atoms. The van der Waals surface area contributed by atoms with Gasteiger partial charge < -0.3 is 15.4 Å². The van der Waals surface area contributed by atoms with Gasteiger partial charge in [-0.15, -0.1) is 0 Å². The Bertz CT molecular complexity index is 570. The van der Waals surface area contributed by atoms with Crippen molar-refractivity contribution in [3.8, 4) is 5.75 Å². The summed E-state index contributed by atoms with van der Waals surface area (Å²) in [5, 5.41) is 5.36. The Hall–Kier alpha value is -1.80. The number of hydrogen-bond donors (Lipinski definition) is 2. The van der Waals surface area contributed by atoms with E-state index in [0.29, 0.717) is 37.8 Å². The van der Waals surface area contributed by atoms with E-state index in [-0.39, 0.29) is 6.61 Å². The summed E-state index contributed by atoms with van der Waals surface area (Å²) in [6, 6.07) is 5.63. The molecular formula is C18H26F3N3O2. The predicted octanol–water partition coefficient (Wildman–Crippen LogP) is 2.14. The summed E-state index contributed by atoms with van der Waals surface area (Å²) in [5.41, 5.74) is 1.14. The van der Waals surface area contributed by atoms with Gasteiger partial charge in [0.05, 0.1) is 0 Å². The minimum absolute atomic E-state index is 0.304. The fourth-order valence-corrected chi connectivity index (χ4v) is 2.81. The van der Waals surface area contributed by atoms with Crippen molar-refractivity contribution >= 4 is 5.91 Å². The van der Waals surface area contributed by atoms with Crippen LogP contribution in [0.25, 0.3) is 0 Å². The number of nitrogens with zero attached hydrogens (tertiary/aromatic N) is 1. The topological polar surface area (TPSA) is 53.6 Å². The maximum absolute atomic E-state index is 13.3. The normalized spacial score (nSPS) is 17.2. The molecule has 1 aromatic rings. The van der Waals surface area contributed by atoms with Crippen LogP contribution in [-0.4, -0.2) is 62.4 Å². The zero-order chi connectivity index (χ0) is 19.2. The van der Waals surface area contributed by atoms with Crippen LogP contribution in [0.3, 0.4) is 0 Å². The zero-order valence-electron chi connectivity index (χ0n) is 15.1. The molecule has 1 amide bonds. The molecule has 5 nitrogen and oxygen atoms in total. The minimum atomic E-state index is -4.39. The van der Waals surface area contributed by atoms with Gasteiger partial charge in [-0.05, 0) is 23.6 Å². The largest absolute Gasteiger partial charge is 0.484 e. The van der Waals surface area contributed by atoms with Crippen molar-refractivity contribution in [3.63, 3.8) is 0 Å². The number of nitrogens with one attached hydrogen (secondary N) is 2. The molecule has 1 aromatic carbocycles. The van der Waals surface area contributed by atoms with Crippen molar-refractivity contribution in [2.24, 2.45) is 0 Å². The van der Waals surface area contributed by atoms with E-state index in [1.54, 1.807) is 12.1 Å². The molecule has 1 aliphatic heterocycles. The van der Waals surface area contributed by atoms with Crippen LogP contribution < -0.4 is 15.4 Å². The van der Waals surface area contributed by atoms with Crippen LogP contribution in [-0.2, 0) is 4.79 Å². The first-order valence-electron chi connectivity index (χ1n) is 8.78. The first-order valence-corrected chi connectivity index (χ1v) is 8.78. The molecule has 2 N–H and O–H groups in total. The van der Waals surface area contributed by atoms with Gasteiger partial charge >= 0.3 is 6.18 Å². The van der Waals surface area contributed by atoms with E-state index in [0.717, 1.165) is 5.56 Å². The van der Waals surface area contributed by atoms with Gasteiger partial charge in [0.2, 0.25) is 0 Å². The van der Waals surface area contributed by atoms with E-state index in [4.69, 9.17) is 4.74 Å². The molecule has 1 saturated heterocycles. The molecule has 0 bridgehead atoms. The number of benzene rings is 1. The molecule has 0 aromatic heterocycles. The summed E-state index contributed by atoms with van der Waals surface area (Å²) in [5.74, 6) is 0.331. The predicted molar refractivity (Wildman–Crippen MR) is 93.3 cm³/mol. The Morgan fingerprint density at radius 1 is 1.23 bits per heavy atom. The molecule has 8 heteroatoms. The van der Waals surface area contributed by atoms with Crippen LogP contribution in [0.1, 0.15) is 25.3 Å². The summed E-state index contributed by atoms with van der Waals surface area (Å²) in [7, 11) is 0. The van der Waals surface area contributed by atoms with Gasteiger partial charge in [0.15, 0.2) is 6.61 Å². The maximum atomic E-state index is 13.3. The Kier molecular flexibility index (Phi) is 7.28. The lowest BCUT2D eigenvalue weighted by atomic mass is 10.0. The Morgan fingerprint density at radius 3 is 2.38 bits per heavy atom. The first kappa shape index (κ1) is 20.5. The van der Waals surface area contributed by atoms with Gasteiger partial charge in [-0.1, -0.05) is 26.0 Å². The highest BCUT2D eigenvalue weighted by atomic mass is 19.4. The molecule has 1 heterocycles. The van der Waals surface area contributed by atoms with Crippen LogP contribution in [0.5, 0.6) is 5.75 Å². The van der Waals surface area contributed by atoms with E-state index in [1.807, 2.05) is 12.1 Å². The van der Waals surface area contributed by atoms with Gasteiger partial charge in [-0.3, -0.25) is 9.69 Å². The standard InChI is InChI=1S/C18H26F3N3O2/c1-13(2)14-3-5-15(6-4-14)26-12-17(25)23-11-16(18(19,20)21)24-9-7-22-8-10-24/h3-6,13,16,22H,7-12H2,1-2H3,(H,23,25). The number of halogens is 3. The van der Waals surface area contributed by atoms with Crippen molar-refractivity contribution in [3.05, 3.63) is 29.8 Å². The van der Waals surface area contributed by atoms with E-state index < -0.39 is 24.7 Å². The third-order valence-electron chi connectivity index (χ3n) is 4.38. The molecule has 1 fully saturated rings. The van der Waals surface area contributed by atoms with Crippen LogP contribution in [0.2, 0.25) is 0 Å². The number of piperazine rings is 1. The quantitative estimate of drug-likeness (QED) is 0.769. The monoisotopic (exact) mass is 373 g/mol. The Morgan fingerprint density at radius 2 is 1.85 bits per heavy atom. The molecule has 0 radical (unpaired) electrons. The molecule has 1 atom stereocenters. The Balaban J connectivity index is 1.81. The van der Waals surface area contributed by atoms with Crippen LogP contribution >= 0.6 is 0 Å². The lowest BCUT2D eigenvalue weighted by Crippen LogP contribution is -2.57. The summed E-state index contributed by atoms with van der Waals surface area (Å²) in [6.07, 6.45) is -4.39. The average Bonchev–Trinajstić information content (AvgIpc) is 2.60. The van der Waals surface area contributed by atoms with Gasteiger partial charge in [0, 0.05) is 32.7 Å². The lowest BCUT2D eigenvalue weighted by molar-refractivity contribution is -0.184. The molecule has 1 aliphatic rings. The van der Waals surface area contributed by atoms with E-state index in [9.17, 15) is 18.0 Å². The lowest BCUT2D eigenvalue weighted by Gasteiger charge is -2.35. The van der Waals surface area contributed by atoms with Crippen molar-refractivity contribution in [1.29, 1.82) is 0 Å². The van der Waals surface area contributed by atoms with Crippen LogP contribution in [0.4, 0.5) is 13.2 Å². The average molecular weight is 373 g/mol. The number of hydrogen-bond acceptors (Lipinski definition) is 4. The fraction of sp³-hybridized carbons (Fsp3) is 0.611. The summed E-state index contributed by atoms with van der Waals surface area (Å²) < 4.78 is 45.1. The van der Waals surface area contributed by atoms with Gasteiger partial charge in [-0.2, -0.15) is 13.2 Å². The van der Waals surface area contributed by atoms with Crippen LogP contribution in [0.15, 0.2) is 24.3 Å².